The van der Waals surface area contributed by atoms with Crippen LogP contribution in [0.3, 0.4) is 0 Å². The van der Waals surface area contributed by atoms with Crippen molar-refractivity contribution in [2.45, 2.75) is 37.8 Å². The third kappa shape index (κ3) is 3.36. The first-order valence-electron chi connectivity index (χ1n) is 7.72. The molecule has 2 aromatic heterocycles. The summed E-state index contributed by atoms with van der Waals surface area (Å²) < 4.78 is 37.8. The molecule has 8 nitrogen and oxygen atoms in total. The van der Waals surface area contributed by atoms with Gasteiger partial charge in [0.15, 0.2) is 5.76 Å². The normalized spacial score (nSPS) is 18.5. The zero-order valence-corrected chi connectivity index (χ0v) is 14.3. The zero-order valence-electron chi connectivity index (χ0n) is 13.5. The van der Waals surface area contributed by atoms with Crippen molar-refractivity contribution >= 4 is 15.9 Å². The molecule has 3 rings (SSSR count). The lowest BCUT2D eigenvalue weighted by molar-refractivity contribution is -0.127. The minimum atomic E-state index is -3.84. The van der Waals surface area contributed by atoms with Gasteiger partial charge in [0.1, 0.15) is 0 Å². The molecule has 0 aromatic carbocycles. The summed E-state index contributed by atoms with van der Waals surface area (Å²) >= 11 is 0. The Balaban J connectivity index is 1.72. The van der Waals surface area contributed by atoms with Crippen LogP contribution < -0.4 is 4.72 Å². The van der Waals surface area contributed by atoms with Crippen molar-refractivity contribution in [1.82, 2.24) is 14.8 Å². The number of furan rings is 1. The number of carbonyl (C=O) groups excluding carboxylic acids is 1. The fraction of sp³-hybridized carbons (Fsp3) is 0.467. The maximum absolute atomic E-state index is 12.4. The van der Waals surface area contributed by atoms with Gasteiger partial charge in [-0.1, -0.05) is 12.1 Å². The van der Waals surface area contributed by atoms with E-state index in [1.807, 2.05) is 6.92 Å². The van der Waals surface area contributed by atoms with Gasteiger partial charge in [0.25, 0.3) is 10.0 Å². The average molecular weight is 353 g/mol. The van der Waals surface area contributed by atoms with Gasteiger partial charge in [-0.3, -0.25) is 4.79 Å². The van der Waals surface area contributed by atoms with E-state index < -0.39 is 16.1 Å². The summed E-state index contributed by atoms with van der Waals surface area (Å²) in [5.74, 6) is 0.604. The van der Waals surface area contributed by atoms with Crippen LogP contribution in [0.15, 0.2) is 32.2 Å². The molecule has 1 fully saturated rings. The summed E-state index contributed by atoms with van der Waals surface area (Å²) in [7, 11) is -3.84. The highest BCUT2D eigenvalue weighted by Crippen LogP contribution is 2.25. The molecule has 0 spiro atoms. The Kier molecular flexibility index (Phi) is 4.46. The van der Waals surface area contributed by atoms with E-state index in [4.69, 9.17) is 8.94 Å². The van der Waals surface area contributed by atoms with Crippen molar-refractivity contribution in [3.8, 4) is 11.5 Å². The zero-order chi connectivity index (χ0) is 17.3. The highest BCUT2D eigenvalue weighted by molar-refractivity contribution is 7.89. The second-order valence-corrected chi connectivity index (χ2v) is 7.46. The summed E-state index contributed by atoms with van der Waals surface area (Å²) in [4.78, 5) is 13.5. The van der Waals surface area contributed by atoms with Gasteiger partial charge in [0.05, 0.1) is 5.69 Å². The second kappa shape index (κ2) is 6.40. The number of nitrogens with zero attached hydrogens (tertiary/aromatic N) is 2. The first-order chi connectivity index (χ1) is 11.4. The topological polar surface area (TPSA) is 106 Å². The maximum atomic E-state index is 12.4. The summed E-state index contributed by atoms with van der Waals surface area (Å²) in [5.41, 5.74) is 0.671. The van der Waals surface area contributed by atoms with E-state index in [-0.39, 0.29) is 23.2 Å². The van der Waals surface area contributed by atoms with Crippen molar-refractivity contribution in [2.24, 2.45) is 0 Å². The van der Waals surface area contributed by atoms with E-state index in [1.54, 1.807) is 17.9 Å². The highest BCUT2D eigenvalue weighted by atomic mass is 32.2. The summed E-state index contributed by atoms with van der Waals surface area (Å²) in [6, 6.07) is 4.07. The van der Waals surface area contributed by atoms with E-state index in [9.17, 15) is 13.2 Å². The van der Waals surface area contributed by atoms with Crippen LogP contribution in [0.1, 0.15) is 25.5 Å². The second-order valence-electron chi connectivity index (χ2n) is 5.81. The number of carbonyl (C=O) groups is 1. The molecule has 1 N–H and O–H groups in total. The Morgan fingerprint density at radius 3 is 2.83 bits per heavy atom. The van der Waals surface area contributed by atoms with Gasteiger partial charge in [-0.15, -0.1) is 0 Å². The van der Waals surface area contributed by atoms with Crippen LogP contribution in [-0.4, -0.2) is 43.5 Å². The number of rotatable bonds is 6. The first kappa shape index (κ1) is 16.7. The predicted molar refractivity (Wildman–Crippen MR) is 84.5 cm³/mol. The van der Waals surface area contributed by atoms with Crippen LogP contribution in [0.25, 0.3) is 11.5 Å². The molecular weight excluding hydrogens is 334 g/mol. The van der Waals surface area contributed by atoms with Gasteiger partial charge < -0.3 is 13.8 Å². The van der Waals surface area contributed by atoms with Crippen molar-refractivity contribution in [3.63, 3.8) is 0 Å². The molecule has 1 amide bonds. The molecule has 0 bridgehead atoms. The molecule has 2 aromatic rings. The molecule has 9 heteroatoms. The van der Waals surface area contributed by atoms with Gasteiger partial charge in [0, 0.05) is 31.6 Å². The van der Waals surface area contributed by atoms with Crippen LogP contribution in [0.4, 0.5) is 0 Å². The third-order valence-electron chi connectivity index (χ3n) is 3.75. The molecule has 0 saturated carbocycles. The predicted octanol–water partition coefficient (Wildman–Crippen LogP) is 1.53. The van der Waals surface area contributed by atoms with Crippen LogP contribution in [0.5, 0.6) is 0 Å². The molecule has 1 aliphatic heterocycles. The number of hydrogen-bond donors (Lipinski definition) is 1. The molecule has 24 heavy (non-hydrogen) atoms. The maximum Gasteiger partial charge on any atom is 0.274 e. The lowest BCUT2D eigenvalue weighted by atomic mass is 10.3. The average Bonchev–Trinajstić information content (AvgIpc) is 3.20. The van der Waals surface area contributed by atoms with E-state index in [0.717, 1.165) is 6.42 Å². The minimum absolute atomic E-state index is 0.0400. The lowest BCUT2D eigenvalue weighted by Crippen LogP contribution is -2.37. The summed E-state index contributed by atoms with van der Waals surface area (Å²) in [6.45, 7) is 4.74. The number of amides is 1. The number of aryl methyl sites for hydroxylation is 1. The molecule has 0 unspecified atom stereocenters. The van der Waals surface area contributed by atoms with Gasteiger partial charge in [-0.25, -0.2) is 13.1 Å². The standard InChI is InChI=1S/C15H19N3O5S/c1-3-6-18-9-11(8-14(18)19)17-24(20,21)15-5-4-12(22-15)13-7-10(2)16-23-13/h4-5,7,11,17H,3,6,8-9H2,1-2H3/t11-/m0/s1. The third-order valence-corrected chi connectivity index (χ3v) is 5.14. The molecule has 1 aliphatic rings. The number of nitrogens with one attached hydrogen (secondary N) is 1. The number of aromatic nitrogens is 1. The number of hydrogen-bond acceptors (Lipinski definition) is 6. The van der Waals surface area contributed by atoms with E-state index in [1.165, 1.54) is 12.1 Å². The summed E-state index contributed by atoms with van der Waals surface area (Å²) in [6.07, 6.45) is 0.997. The quantitative estimate of drug-likeness (QED) is 0.844. The minimum Gasteiger partial charge on any atom is -0.440 e. The van der Waals surface area contributed by atoms with Crippen molar-refractivity contribution in [1.29, 1.82) is 0 Å². The fourth-order valence-corrected chi connectivity index (χ4v) is 3.85. The van der Waals surface area contributed by atoms with Crippen LogP contribution in [-0.2, 0) is 14.8 Å². The Morgan fingerprint density at radius 1 is 1.38 bits per heavy atom. The monoisotopic (exact) mass is 353 g/mol. The summed E-state index contributed by atoms with van der Waals surface area (Å²) in [5, 5.41) is 3.52. The smallest absolute Gasteiger partial charge is 0.274 e. The number of likely N-dealkylation sites (tertiary alicyclic amines) is 1. The highest BCUT2D eigenvalue weighted by Gasteiger charge is 2.33. The molecule has 0 aliphatic carbocycles. The molecular formula is C15H19N3O5S. The van der Waals surface area contributed by atoms with Gasteiger partial charge in [-0.05, 0) is 25.5 Å². The first-order valence-corrected chi connectivity index (χ1v) is 9.21. The van der Waals surface area contributed by atoms with Crippen molar-refractivity contribution in [3.05, 3.63) is 23.9 Å². The van der Waals surface area contributed by atoms with Gasteiger partial charge in [0.2, 0.25) is 16.8 Å². The van der Waals surface area contributed by atoms with Crippen molar-refractivity contribution in [2.75, 3.05) is 13.1 Å². The van der Waals surface area contributed by atoms with E-state index in [0.29, 0.717) is 24.5 Å². The molecule has 3 heterocycles. The molecule has 130 valence electrons. The van der Waals surface area contributed by atoms with Crippen LogP contribution in [0, 0.1) is 6.92 Å². The molecule has 1 saturated heterocycles. The van der Waals surface area contributed by atoms with E-state index in [2.05, 4.69) is 9.88 Å². The number of sulfonamides is 1. The van der Waals surface area contributed by atoms with Crippen LogP contribution >= 0.6 is 0 Å². The van der Waals surface area contributed by atoms with Gasteiger partial charge >= 0.3 is 0 Å². The Morgan fingerprint density at radius 2 is 2.17 bits per heavy atom. The Bertz CT molecular complexity index is 839. The Hall–Kier alpha value is -2.13. The molecule has 0 radical (unpaired) electrons. The van der Waals surface area contributed by atoms with Crippen LogP contribution in [0.2, 0.25) is 0 Å². The SMILES string of the molecule is CCCN1C[C@@H](NS(=O)(=O)c2ccc(-c3cc(C)no3)o2)CC1=O. The van der Waals surface area contributed by atoms with E-state index >= 15 is 0 Å². The van der Waals surface area contributed by atoms with Gasteiger partial charge in [-0.2, -0.15) is 0 Å². The lowest BCUT2D eigenvalue weighted by Gasteiger charge is -2.15. The van der Waals surface area contributed by atoms with Crippen molar-refractivity contribution < 1.29 is 22.2 Å². The largest absolute Gasteiger partial charge is 0.440 e. The molecule has 1 atom stereocenters. The fourth-order valence-electron chi connectivity index (χ4n) is 2.69. The Labute approximate surface area is 139 Å².